The van der Waals surface area contributed by atoms with Crippen LogP contribution >= 0.6 is 11.3 Å². The van der Waals surface area contributed by atoms with Crippen LogP contribution in [-0.2, 0) is 6.54 Å². The molecule has 0 aliphatic carbocycles. The summed E-state index contributed by atoms with van der Waals surface area (Å²) >= 11 is 1.66. The fourth-order valence-electron chi connectivity index (χ4n) is 3.03. The molecule has 0 spiro atoms. The Morgan fingerprint density at radius 2 is 2.35 bits per heavy atom. The van der Waals surface area contributed by atoms with Gasteiger partial charge in [-0.25, -0.2) is 4.98 Å². The predicted molar refractivity (Wildman–Crippen MR) is 82.5 cm³/mol. The maximum atomic E-state index is 9.70. The van der Waals surface area contributed by atoms with Gasteiger partial charge < -0.3 is 15.3 Å². The number of nitrogens with zero attached hydrogens (tertiary/aromatic N) is 3. The number of hydrogen-bond acceptors (Lipinski definition) is 5. The van der Waals surface area contributed by atoms with Gasteiger partial charge in [-0.05, 0) is 19.9 Å². The molecule has 1 aliphatic rings. The van der Waals surface area contributed by atoms with Gasteiger partial charge in [-0.15, -0.1) is 11.3 Å². The summed E-state index contributed by atoms with van der Waals surface area (Å²) in [6, 6.07) is 0.206. The highest BCUT2D eigenvalue weighted by molar-refractivity contribution is 7.15. The Hall–Kier alpha value is -1.11. The van der Waals surface area contributed by atoms with Gasteiger partial charge in [-0.3, -0.25) is 4.40 Å². The van der Waals surface area contributed by atoms with Crippen LogP contribution in [0.25, 0.3) is 4.96 Å². The molecule has 0 saturated carbocycles. The molecule has 2 aromatic heterocycles. The molecule has 0 aromatic carbocycles. The third-order valence-corrected chi connectivity index (χ3v) is 4.80. The van der Waals surface area contributed by atoms with Gasteiger partial charge in [-0.1, -0.05) is 12.8 Å². The molecule has 3 rings (SSSR count). The normalized spacial score (nSPS) is 20.5. The van der Waals surface area contributed by atoms with Crippen LogP contribution < -0.4 is 10.2 Å². The summed E-state index contributed by atoms with van der Waals surface area (Å²) in [5, 5.41) is 15.0. The molecule has 1 saturated heterocycles. The number of anilines is 1. The molecule has 0 amide bonds. The lowest BCUT2D eigenvalue weighted by molar-refractivity contribution is 0.254. The van der Waals surface area contributed by atoms with Crippen molar-refractivity contribution in [3.05, 3.63) is 17.3 Å². The van der Waals surface area contributed by atoms with Crippen molar-refractivity contribution in [3.63, 3.8) is 0 Å². The molecule has 20 heavy (non-hydrogen) atoms. The van der Waals surface area contributed by atoms with Gasteiger partial charge in [0.15, 0.2) is 10.8 Å². The zero-order valence-electron chi connectivity index (χ0n) is 11.9. The minimum atomic E-state index is 0.206. The quantitative estimate of drug-likeness (QED) is 0.904. The SMILES string of the molecule is CNCc1c(N2CCCCCC2CO)nc2sccn12. The number of rotatable bonds is 4. The summed E-state index contributed by atoms with van der Waals surface area (Å²) < 4.78 is 2.16. The number of imidazole rings is 1. The highest BCUT2D eigenvalue weighted by Crippen LogP contribution is 2.29. The van der Waals surface area contributed by atoms with Crippen molar-refractivity contribution in [2.75, 3.05) is 25.1 Å². The zero-order chi connectivity index (χ0) is 13.9. The first kappa shape index (κ1) is 13.9. The van der Waals surface area contributed by atoms with E-state index in [9.17, 15) is 5.11 Å². The molecule has 2 N–H and O–H groups in total. The molecule has 1 atom stereocenters. The minimum Gasteiger partial charge on any atom is -0.394 e. The number of aliphatic hydroxyl groups excluding tert-OH is 1. The summed E-state index contributed by atoms with van der Waals surface area (Å²) in [5.41, 5.74) is 1.20. The third-order valence-electron chi connectivity index (χ3n) is 4.04. The molecule has 5 nitrogen and oxygen atoms in total. The summed E-state index contributed by atoms with van der Waals surface area (Å²) in [7, 11) is 1.96. The lowest BCUT2D eigenvalue weighted by Gasteiger charge is -2.29. The second-order valence-electron chi connectivity index (χ2n) is 5.35. The molecule has 2 aromatic rings. The van der Waals surface area contributed by atoms with E-state index in [1.54, 1.807) is 11.3 Å². The number of aliphatic hydroxyl groups is 1. The Morgan fingerprint density at radius 3 is 3.15 bits per heavy atom. The monoisotopic (exact) mass is 294 g/mol. The van der Waals surface area contributed by atoms with Gasteiger partial charge in [0, 0.05) is 24.7 Å². The Bertz CT molecular complexity index is 565. The van der Waals surface area contributed by atoms with Gasteiger partial charge >= 0.3 is 0 Å². The Labute approximate surface area is 123 Å². The summed E-state index contributed by atoms with van der Waals surface area (Å²) in [5.74, 6) is 1.05. The highest BCUT2D eigenvalue weighted by atomic mass is 32.1. The van der Waals surface area contributed by atoms with E-state index in [2.05, 4.69) is 26.2 Å². The molecule has 0 radical (unpaired) electrons. The highest BCUT2D eigenvalue weighted by Gasteiger charge is 2.26. The first-order valence-electron chi connectivity index (χ1n) is 7.31. The van der Waals surface area contributed by atoms with Crippen molar-refractivity contribution in [2.24, 2.45) is 0 Å². The van der Waals surface area contributed by atoms with E-state index in [1.807, 2.05) is 7.05 Å². The Morgan fingerprint density at radius 1 is 1.45 bits per heavy atom. The summed E-state index contributed by atoms with van der Waals surface area (Å²) in [6.45, 7) is 2.00. The van der Waals surface area contributed by atoms with E-state index in [-0.39, 0.29) is 12.6 Å². The van der Waals surface area contributed by atoms with Gasteiger partial charge in [0.05, 0.1) is 18.3 Å². The van der Waals surface area contributed by atoms with Crippen molar-refractivity contribution in [1.82, 2.24) is 14.7 Å². The molecule has 1 fully saturated rings. The minimum absolute atomic E-state index is 0.206. The molecule has 1 unspecified atom stereocenters. The van der Waals surface area contributed by atoms with Crippen LogP contribution in [0.15, 0.2) is 11.6 Å². The number of aromatic nitrogens is 2. The van der Waals surface area contributed by atoms with Crippen molar-refractivity contribution in [3.8, 4) is 0 Å². The topological polar surface area (TPSA) is 52.8 Å². The van der Waals surface area contributed by atoms with Crippen LogP contribution in [0.3, 0.4) is 0 Å². The standard InChI is InChI=1S/C14H22N4OS/c1-15-9-12-13(16-14-18(12)7-8-20-14)17-6-4-2-3-5-11(17)10-19/h7-8,11,15,19H,2-6,9-10H2,1H3. The molecule has 3 heterocycles. The van der Waals surface area contributed by atoms with Crippen LogP contribution in [0, 0.1) is 0 Å². The van der Waals surface area contributed by atoms with Gasteiger partial charge in [0.25, 0.3) is 0 Å². The molecule has 0 bridgehead atoms. The smallest absolute Gasteiger partial charge is 0.195 e. The fourth-order valence-corrected chi connectivity index (χ4v) is 3.76. The largest absolute Gasteiger partial charge is 0.394 e. The number of fused-ring (bicyclic) bond motifs is 1. The van der Waals surface area contributed by atoms with Gasteiger partial charge in [0.2, 0.25) is 0 Å². The van der Waals surface area contributed by atoms with Crippen molar-refractivity contribution < 1.29 is 5.11 Å². The van der Waals surface area contributed by atoms with E-state index in [0.29, 0.717) is 0 Å². The van der Waals surface area contributed by atoms with Crippen LogP contribution in [0.1, 0.15) is 31.4 Å². The zero-order valence-corrected chi connectivity index (χ0v) is 12.7. The van der Waals surface area contributed by atoms with E-state index in [4.69, 9.17) is 4.98 Å². The molecule has 110 valence electrons. The molecule has 6 heteroatoms. The van der Waals surface area contributed by atoms with Crippen LogP contribution in [0.2, 0.25) is 0 Å². The maximum absolute atomic E-state index is 9.70. The number of nitrogens with one attached hydrogen (secondary N) is 1. The van der Waals surface area contributed by atoms with Crippen LogP contribution in [0.5, 0.6) is 0 Å². The van der Waals surface area contributed by atoms with Crippen LogP contribution in [-0.4, -0.2) is 40.7 Å². The average molecular weight is 294 g/mol. The van der Waals surface area contributed by atoms with Crippen LogP contribution in [0.4, 0.5) is 5.82 Å². The molecular weight excluding hydrogens is 272 g/mol. The molecular formula is C14H22N4OS. The van der Waals surface area contributed by atoms with Gasteiger partial charge in [-0.2, -0.15) is 0 Å². The van der Waals surface area contributed by atoms with E-state index < -0.39 is 0 Å². The number of thiazole rings is 1. The van der Waals surface area contributed by atoms with Crippen molar-refractivity contribution in [1.29, 1.82) is 0 Å². The number of hydrogen-bond donors (Lipinski definition) is 2. The summed E-state index contributed by atoms with van der Waals surface area (Å²) in [6.07, 6.45) is 6.76. The van der Waals surface area contributed by atoms with Crippen molar-refractivity contribution >= 4 is 22.1 Å². The Balaban J connectivity index is 2.01. The first-order valence-corrected chi connectivity index (χ1v) is 8.19. The lowest BCUT2D eigenvalue weighted by Crippen LogP contribution is -2.38. The fraction of sp³-hybridized carbons (Fsp3) is 0.643. The average Bonchev–Trinajstić information content (AvgIpc) is 2.94. The molecule has 1 aliphatic heterocycles. The second kappa shape index (κ2) is 6.11. The first-order chi connectivity index (χ1) is 9.85. The summed E-state index contributed by atoms with van der Waals surface area (Å²) in [4.78, 5) is 8.16. The van der Waals surface area contributed by atoms with E-state index in [1.165, 1.54) is 25.0 Å². The van der Waals surface area contributed by atoms with Crippen molar-refractivity contribution in [2.45, 2.75) is 38.3 Å². The van der Waals surface area contributed by atoms with E-state index >= 15 is 0 Å². The predicted octanol–water partition coefficient (Wildman–Crippen LogP) is 1.86. The lowest BCUT2D eigenvalue weighted by atomic mass is 10.1. The van der Waals surface area contributed by atoms with E-state index in [0.717, 1.165) is 30.3 Å². The van der Waals surface area contributed by atoms with Gasteiger partial charge in [0.1, 0.15) is 0 Å². The maximum Gasteiger partial charge on any atom is 0.195 e. The third kappa shape index (κ3) is 2.43. The second-order valence-corrected chi connectivity index (χ2v) is 6.22. The Kier molecular flexibility index (Phi) is 4.24.